The zero-order valence-electron chi connectivity index (χ0n) is 13.8. The zero-order chi connectivity index (χ0) is 18.6. The van der Waals surface area contributed by atoms with Crippen LogP contribution in [0.4, 0.5) is 11.4 Å². The normalized spacial score (nSPS) is 16.0. The summed E-state index contributed by atoms with van der Waals surface area (Å²) in [4.78, 5) is 14.9. The van der Waals surface area contributed by atoms with Crippen LogP contribution in [0.15, 0.2) is 58.4 Å². The van der Waals surface area contributed by atoms with Gasteiger partial charge in [0, 0.05) is 25.4 Å². The molecule has 0 aromatic heterocycles. The van der Waals surface area contributed by atoms with Gasteiger partial charge in [-0.1, -0.05) is 12.1 Å². The van der Waals surface area contributed by atoms with E-state index in [0.717, 1.165) is 0 Å². The van der Waals surface area contributed by atoms with E-state index in [-0.39, 0.29) is 10.6 Å². The van der Waals surface area contributed by atoms with Gasteiger partial charge in [0.1, 0.15) is 0 Å². The van der Waals surface area contributed by atoms with E-state index in [9.17, 15) is 18.5 Å². The number of para-hydroxylation sites is 1. The Bertz CT molecular complexity index is 920. The van der Waals surface area contributed by atoms with Crippen molar-refractivity contribution in [1.82, 2.24) is 4.31 Å². The lowest BCUT2D eigenvalue weighted by atomic mass is 10.2. The molecule has 136 valence electrons. The number of benzene rings is 2. The molecule has 0 aliphatic carbocycles. The van der Waals surface area contributed by atoms with Gasteiger partial charge in [-0.2, -0.15) is 4.31 Å². The molecule has 0 bridgehead atoms. The van der Waals surface area contributed by atoms with Crippen LogP contribution in [0.2, 0.25) is 0 Å². The van der Waals surface area contributed by atoms with Crippen LogP contribution in [0.1, 0.15) is 5.56 Å². The van der Waals surface area contributed by atoms with Crippen molar-refractivity contribution in [3.8, 4) is 0 Å². The van der Waals surface area contributed by atoms with Gasteiger partial charge in [0.2, 0.25) is 10.0 Å². The van der Waals surface area contributed by atoms with E-state index >= 15 is 0 Å². The molecule has 1 fully saturated rings. The third-order valence-corrected chi connectivity index (χ3v) is 5.84. The van der Waals surface area contributed by atoms with Gasteiger partial charge in [0.25, 0.3) is 5.69 Å². The molecule has 2 aromatic rings. The summed E-state index contributed by atoms with van der Waals surface area (Å²) in [5, 5.41) is 11.0. The van der Waals surface area contributed by atoms with Crippen molar-refractivity contribution >= 4 is 27.6 Å². The number of hydrogen-bond acceptors (Lipinski definition) is 6. The van der Waals surface area contributed by atoms with Gasteiger partial charge < -0.3 is 4.74 Å². The van der Waals surface area contributed by atoms with Gasteiger partial charge >= 0.3 is 0 Å². The number of morpholine rings is 1. The third-order valence-electron chi connectivity index (χ3n) is 3.93. The summed E-state index contributed by atoms with van der Waals surface area (Å²) in [6, 6.07) is 12.4. The highest BCUT2D eigenvalue weighted by molar-refractivity contribution is 7.89. The Labute approximate surface area is 150 Å². The standard InChI is InChI=1S/C17H17N3O5S/c21-20(22)17-4-2-1-3-14(17)13-18-15-5-7-16(8-6-15)26(23,24)19-9-11-25-12-10-19/h1-8,13H,9-12H2. The Morgan fingerprint density at radius 2 is 1.73 bits per heavy atom. The van der Waals surface area contributed by atoms with Crippen LogP contribution in [0.5, 0.6) is 0 Å². The predicted octanol–water partition coefficient (Wildman–Crippen LogP) is 2.37. The highest BCUT2D eigenvalue weighted by Crippen LogP contribution is 2.22. The van der Waals surface area contributed by atoms with Crippen molar-refractivity contribution in [2.24, 2.45) is 4.99 Å². The minimum absolute atomic E-state index is 0.0391. The quantitative estimate of drug-likeness (QED) is 0.453. The molecule has 0 saturated carbocycles. The first-order valence-corrected chi connectivity index (χ1v) is 9.38. The molecule has 2 aromatic carbocycles. The lowest BCUT2D eigenvalue weighted by molar-refractivity contribution is -0.385. The second-order valence-electron chi connectivity index (χ2n) is 5.58. The first kappa shape index (κ1) is 18.2. The summed E-state index contributed by atoms with van der Waals surface area (Å²) in [6.45, 7) is 1.44. The molecular formula is C17H17N3O5S. The van der Waals surface area contributed by atoms with E-state index in [1.54, 1.807) is 30.3 Å². The molecule has 0 N–H and O–H groups in total. The molecule has 0 spiro atoms. The Morgan fingerprint density at radius 3 is 2.38 bits per heavy atom. The molecule has 0 unspecified atom stereocenters. The second-order valence-corrected chi connectivity index (χ2v) is 7.52. The molecule has 3 rings (SSSR count). The van der Waals surface area contributed by atoms with Crippen LogP contribution in [-0.4, -0.2) is 50.2 Å². The van der Waals surface area contributed by atoms with E-state index < -0.39 is 14.9 Å². The topological polar surface area (TPSA) is 102 Å². The molecule has 1 saturated heterocycles. The van der Waals surface area contributed by atoms with Crippen molar-refractivity contribution in [2.45, 2.75) is 4.90 Å². The fourth-order valence-corrected chi connectivity index (χ4v) is 3.96. The average Bonchev–Trinajstić information content (AvgIpc) is 2.67. The minimum atomic E-state index is -3.55. The van der Waals surface area contributed by atoms with Gasteiger partial charge in [0.15, 0.2) is 0 Å². The van der Waals surface area contributed by atoms with Gasteiger partial charge in [-0.05, 0) is 30.3 Å². The van der Waals surface area contributed by atoms with E-state index in [1.165, 1.54) is 28.7 Å². The van der Waals surface area contributed by atoms with E-state index in [4.69, 9.17) is 4.74 Å². The Balaban J connectivity index is 1.79. The summed E-state index contributed by atoms with van der Waals surface area (Å²) in [5.74, 6) is 0. The van der Waals surface area contributed by atoms with Crippen LogP contribution in [-0.2, 0) is 14.8 Å². The lowest BCUT2D eigenvalue weighted by Crippen LogP contribution is -2.40. The Morgan fingerprint density at radius 1 is 1.08 bits per heavy atom. The Kier molecular flexibility index (Phi) is 5.40. The summed E-state index contributed by atoms with van der Waals surface area (Å²) >= 11 is 0. The smallest absolute Gasteiger partial charge is 0.278 e. The maximum atomic E-state index is 12.6. The SMILES string of the molecule is O=[N+]([O-])c1ccccc1C=Nc1ccc(S(=O)(=O)N2CCOCC2)cc1. The number of hydrogen-bond donors (Lipinski definition) is 0. The van der Waals surface area contributed by atoms with E-state index in [0.29, 0.717) is 37.6 Å². The number of nitrogens with zero attached hydrogens (tertiary/aromatic N) is 3. The molecule has 0 radical (unpaired) electrons. The summed E-state index contributed by atoms with van der Waals surface area (Å²) in [6.07, 6.45) is 1.39. The number of sulfonamides is 1. The molecule has 1 heterocycles. The average molecular weight is 375 g/mol. The van der Waals surface area contributed by atoms with Crippen LogP contribution in [0, 0.1) is 10.1 Å². The van der Waals surface area contributed by atoms with Crippen molar-refractivity contribution in [3.05, 3.63) is 64.2 Å². The van der Waals surface area contributed by atoms with Crippen LogP contribution in [0.3, 0.4) is 0 Å². The molecule has 0 atom stereocenters. The highest BCUT2D eigenvalue weighted by Gasteiger charge is 2.26. The lowest BCUT2D eigenvalue weighted by Gasteiger charge is -2.26. The molecule has 9 heteroatoms. The monoisotopic (exact) mass is 375 g/mol. The predicted molar refractivity (Wildman–Crippen MR) is 96.4 cm³/mol. The third kappa shape index (κ3) is 3.96. The van der Waals surface area contributed by atoms with Crippen molar-refractivity contribution in [1.29, 1.82) is 0 Å². The van der Waals surface area contributed by atoms with E-state index in [1.807, 2.05) is 0 Å². The molecule has 8 nitrogen and oxygen atoms in total. The molecule has 0 amide bonds. The van der Waals surface area contributed by atoms with Crippen molar-refractivity contribution in [2.75, 3.05) is 26.3 Å². The second kappa shape index (κ2) is 7.73. The van der Waals surface area contributed by atoms with E-state index in [2.05, 4.69) is 4.99 Å². The molecule has 26 heavy (non-hydrogen) atoms. The van der Waals surface area contributed by atoms with Crippen molar-refractivity contribution < 1.29 is 18.1 Å². The summed E-state index contributed by atoms with van der Waals surface area (Å²) in [5.41, 5.74) is 0.842. The fourth-order valence-electron chi connectivity index (χ4n) is 2.55. The Hall–Kier alpha value is -2.62. The zero-order valence-corrected chi connectivity index (χ0v) is 14.6. The van der Waals surface area contributed by atoms with Gasteiger partial charge in [-0.25, -0.2) is 8.42 Å². The minimum Gasteiger partial charge on any atom is -0.379 e. The van der Waals surface area contributed by atoms with Crippen molar-refractivity contribution in [3.63, 3.8) is 0 Å². The largest absolute Gasteiger partial charge is 0.379 e. The maximum absolute atomic E-state index is 12.6. The maximum Gasteiger partial charge on any atom is 0.278 e. The number of nitro benzene ring substituents is 1. The number of ether oxygens (including phenoxy) is 1. The van der Waals surface area contributed by atoms with Crippen LogP contribution in [0.25, 0.3) is 0 Å². The van der Waals surface area contributed by atoms with Gasteiger partial charge in [0.05, 0.1) is 34.3 Å². The highest BCUT2D eigenvalue weighted by atomic mass is 32.2. The summed E-state index contributed by atoms with van der Waals surface area (Å²) < 4.78 is 31.7. The van der Waals surface area contributed by atoms with Gasteiger partial charge in [-0.15, -0.1) is 0 Å². The fraction of sp³-hybridized carbons (Fsp3) is 0.235. The first-order valence-electron chi connectivity index (χ1n) is 7.94. The van der Waals surface area contributed by atoms with Crippen LogP contribution >= 0.6 is 0 Å². The number of rotatable bonds is 5. The number of aliphatic imine (C=N–C) groups is 1. The van der Waals surface area contributed by atoms with Gasteiger partial charge in [-0.3, -0.25) is 15.1 Å². The number of nitro groups is 1. The molecule has 1 aliphatic rings. The first-order chi connectivity index (χ1) is 12.5. The molecular weight excluding hydrogens is 358 g/mol. The summed E-state index contributed by atoms with van der Waals surface area (Å²) in [7, 11) is -3.55. The molecule has 1 aliphatic heterocycles. The van der Waals surface area contributed by atoms with Crippen LogP contribution < -0.4 is 0 Å².